The van der Waals surface area contributed by atoms with Crippen LogP contribution in [-0.4, -0.2) is 29.7 Å². The van der Waals surface area contributed by atoms with Crippen molar-refractivity contribution < 1.29 is 24.0 Å². The number of carbonyl (C=O) groups is 1. The number of nitrogens with one attached hydrogen (secondary N) is 1. The summed E-state index contributed by atoms with van der Waals surface area (Å²) in [5.74, 6) is -1.79. The molecule has 0 bridgehead atoms. The Balaban J connectivity index is 2.72. The van der Waals surface area contributed by atoms with Crippen LogP contribution >= 0.6 is 0 Å². The largest absolute Gasteiger partial charge is 0.494 e. The van der Waals surface area contributed by atoms with Gasteiger partial charge >= 0.3 is 5.97 Å². The number of hydrogen-bond acceptors (Lipinski definition) is 5. The molecule has 1 aromatic rings. The van der Waals surface area contributed by atoms with E-state index in [1.165, 1.54) is 13.2 Å². The Hall–Kier alpha value is -2.38. The maximum Gasteiger partial charge on any atom is 0.303 e. The third-order valence-corrected chi connectivity index (χ3v) is 2.60. The molecule has 0 saturated heterocycles. The zero-order valence-corrected chi connectivity index (χ0v) is 10.9. The van der Waals surface area contributed by atoms with Gasteiger partial charge in [0.25, 0.3) is 5.69 Å². The van der Waals surface area contributed by atoms with E-state index in [9.17, 15) is 19.3 Å². The lowest BCUT2D eigenvalue weighted by Crippen LogP contribution is -2.06. The van der Waals surface area contributed by atoms with E-state index in [0.29, 0.717) is 19.4 Å². The highest BCUT2D eigenvalue weighted by Crippen LogP contribution is 2.31. The summed E-state index contributed by atoms with van der Waals surface area (Å²) in [5, 5.41) is 22.1. The van der Waals surface area contributed by atoms with Crippen LogP contribution in [0.25, 0.3) is 0 Å². The van der Waals surface area contributed by atoms with Gasteiger partial charge in [0.05, 0.1) is 18.1 Å². The van der Waals surface area contributed by atoms with E-state index in [4.69, 9.17) is 9.84 Å². The smallest absolute Gasteiger partial charge is 0.303 e. The number of ether oxygens (including phenoxy) is 1. The van der Waals surface area contributed by atoms with Gasteiger partial charge in [0, 0.05) is 19.0 Å². The second-order valence-corrected chi connectivity index (χ2v) is 4.04. The number of hydrogen-bond donors (Lipinski definition) is 2. The fourth-order valence-electron chi connectivity index (χ4n) is 1.62. The van der Waals surface area contributed by atoms with Crippen LogP contribution < -0.4 is 10.1 Å². The van der Waals surface area contributed by atoms with Crippen LogP contribution in [0.3, 0.4) is 0 Å². The first-order chi connectivity index (χ1) is 9.45. The van der Waals surface area contributed by atoms with Gasteiger partial charge in [-0.3, -0.25) is 14.9 Å². The average Bonchev–Trinajstić information content (AvgIpc) is 2.38. The number of nitrogens with zero attached hydrogens (tertiary/aromatic N) is 1. The normalized spacial score (nSPS) is 10.1. The van der Waals surface area contributed by atoms with Gasteiger partial charge in [-0.1, -0.05) is 0 Å². The Bertz CT molecular complexity index is 507. The molecular formula is C12H15FN2O5. The molecule has 0 aliphatic heterocycles. The van der Waals surface area contributed by atoms with Crippen molar-refractivity contribution in [2.45, 2.75) is 19.3 Å². The third kappa shape index (κ3) is 4.38. The molecule has 20 heavy (non-hydrogen) atoms. The van der Waals surface area contributed by atoms with Crippen molar-refractivity contribution in [3.8, 4) is 5.75 Å². The Labute approximate surface area is 114 Å². The Kier molecular flexibility index (Phi) is 5.70. The highest BCUT2D eigenvalue weighted by Gasteiger charge is 2.18. The van der Waals surface area contributed by atoms with Crippen LogP contribution in [0, 0.1) is 15.9 Å². The summed E-state index contributed by atoms with van der Waals surface area (Å²) >= 11 is 0. The minimum absolute atomic E-state index is 0.0382. The molecule has 0 saturated carbocycles. The SMILES string of the molecule is COc1cc(NCCCCC(=O)O)c([N+](=O)[O-])cc1F. The molecule has 8 heteroatoms. The summed E-state index contributed by atoms with van der Waals surface area (Å²) in [6, 6.07) is 2.00. The van der Waals surface area contributed by atoms with Crippen LogP contribution in [0.4, 0.5) is 15.8 Å². The van der Waals surface area contributed by atoms with Gasteiger partial charge < -0.3 is 15.2 Å². The van der Waals surface area contributed by atoms with E-state index in [1.807, 2.05) is 0 Å². The first kappa shape index (κ1) is 15.7. The van der Waals surface area contributed by atoms with E-state index in [0.717, 1.165) is 6.07 Å². The van der Waals surface area contributed by atoms with Crippen LogP contribution in [-0.2, 0) is 4.79 Å². The van der Waals surface area contributed by atoms with Gasteiger partial charge in [0.1, 0.15) is 5.69 Å². The average molecular weight is 286 g/mol. The molecule has 7 nitrogen and oxygen atoms in total. The standard InChI is InChI=1S/C12H15FN2O5/c1-20-11-7-9(10(15(18)19)6-8(11)13)14-5-3-2-4-12(16)17/h6-7,14H,2-5H2,1H3,(H,16,17). The number of anilines is 1. The van der Waals surface area contributed by atoms with Gasteiger partial charge in [0.15, 0.2) is 11.6 Å². The van der Waals surface area contributed by atoms with Crippen LogP contribution in [0.1, 0.15) is 19.3 Å². The van der Waals surface area contributed by atoms with Crippen molar-refractivity contribution in [3.05, 3.63) is 28.1 Å². The van der Waals surface area contributed by atoms with Crippen molar-refractivity contribution in [2.75, 3.05) is 19.0 Å². The molecule has 1 aromatic carbocycles. The maximum atomic E-state index is 13.4. The molecule has 1 rings (SSSR count). The highest BCUT2D eigenvalue weighted by atomic mass is 19.1. The molecule has 0 fully saturated rings. The highest BCUT2D eigenvalue weighted by molar-refractivity contribution is 5.66. The number of halogens is 1. The molecule has 0 unspecified atom stereocenters. The predicted octanol–water partition coefficient (Wildman–Crippen LogP) is 2.41. The number of methoxy groups -OCH3 is 1. The number of carboxylic acids is 1. The zero-order valence-electron chi connectivity index (χ0n) is 10.9. The van der Waals surface area contributed by atoms with E-state index in [1.54, 1.807) is 0 Å². The first-order valence-corrected chi connectivity index (χ1v) is 5.93. The molecule has 0 aliphatic rings. The molecular weight excluding hydrogens is 271 g/mol. The van der Waals surface area contributed by atoms with E-state index < -0.39 is 16.7 Å². The van der Waals surface area contributed by atoms with Gasteiger partial charge in [0.2, 0.25) is 0 Å². The lowest BCUT2D eigenvalue weighted by molar-refractivity contribution is -0.384. The van der Waals surface area contributed by atoms with E-state index in [-0.39, 0.29) is 23.5 Å². The topological polar surface area (TPSA) is 102 Å². The molecule has 0 aliphatic carbocycles. The lowest BCUT2D eigenvalue weighted by Gasteiger charge is -2.09. The quantitative estimate of drug-likeness (QED) is 0.432. The Morgan fingerprint density at radius 1 is 1.50 bits per heavy atom. The number of aliphatic carboxylic acids is 1. The molecule has 0 amide bonds. The van der Waals surface area contributed by atoms with Crippen molar-refractivity contribution >= 4 is 17.3 Å². The summed E-state index contributed by atoms with van der Waals surface area (Å²) in [6.07, 6.45) is 1.02. The fraction of sp³-hybridized carbons (Fsp3) is 0.417. The first-order valence-electron chi connectivity index (χ1n) is 5.93. The molecule has 0 heterocycles. The van der Waals surface area contributed by atoms with Crippen molar-refractivity contribution in [1.29, 1.82) is 0 Å². The lowest BCUT2D eigenvalue weighted by atomic mass is 10.2. The minimum atomic E-state index is -0.889. The fourth-order valence-corrected chi connectivity index (χ4v) is 1.62. The summed E-state index contributed by atoms with van der Waals surface area (Å²) < 4.78 is 18.2. The second kappa shape index (κ2) is 7.27. The predicted molar refractivity (Wildman–Crippen MR) is 69.6 cm³/mol. The monoisotopic (exact) mass is 286 g/mol. The van der Waals surface area contributed by atoms with Gasteiger partial charge in [-0.05, 0) is 12.8 Å². The third-order valence-electron chi connectivity index (χ3n) is 2.60. The summed E-state index contributed by atoms with van der Waals surface area (Å²) in [4.78, 5) is 20.5. The molecule has 0 aromatic heterocycles. The number of rotatable bonds is 8. The number of unbranched alkanes of at least 4 members (excludes halogenated alkanes) is 1. The summed E-state index contributed by atoms with van der Waals surface area (Å²) in [6.45, 7) is 0.350. The number of carboxylic acid groups (broad SMARTS) is 1. The zero-order chi connectivity index (χ0) is 15.1. The number of nitro groups is 1. The van der Waals surface area contributed by atoms with Crippen LogP contribution in [0.2, 0.25) is 0 Å². The molecule has 110 valence electrons. The van der Waals surface area contributed by atoms with Crippen molar-refractivity contribution in [3.63, 3.8) is 0 Å². The number of nitro benzene ring substituents is 1. The van der Waals surface area contributed by atoms with Crippen molar-refractivity contribution in [1.82, 2.24) is 0 Å². The summed E-state index contributed by atoms with van der Waals surface area (Å²) in [7, 11) is 1.26. The van der Waals surface area contributed by atoms with Crippen molar-refractivity contribution in [2.24, 2.45) is 0 Å². The molecule has 0 spiro atoms. The Morgan fingerprint density at radius 3 is 2.75 bits per heavy atom. The second-order valence-electron chi connectivity index (χ2n) is 4.04. The minimum Gasteiger partial charge on any atom is -0.494 e. The van der Waals surface area contributed by atoms with Gasteiger partial charge in [-0.25, -0.2) is 4.39 Å². The van der Waals surface area contributed by atoms with Crippen LogP contribution in [0.15, 0.2) is 12.1 Å². The van der Waals surface area contributed by atoms with Gasteiger partial charge in [-0.15, -0.1) is 0 Å². The van der Waals surface area contributed by atoms with E-state index in [2.05, 4.69) is 5.32 Å². The van der Waals surface area contributed by atoms with E-state index >= 15 is 0 Å². The summed E-state index contributed by atoms with van der Waals surface area (Å²) in [5.41, 5.74) is -0.245. The maximum absolute atomic E-state index is 13.4. The number of benzene rings is 1. The molecule has 0 radical (unpaired) electrons. The molecule has 0 atom stereocenters. The van der Waals surface area contributed by atoms with Gasteiger partial charge in [-0.2, -0.15) is 0 Å². The Morgan fingerprint density at radius 2 is 2.20 bits per heavy atom. The van der Waals surface area contributed by atoms with Crippen LogP contribution in [0.5, 0.6) is 5.75 Å². The molecule has 2 N–H and O–H groups in total.